The molecule has 0 bridgehead atoms. The van der Waals surface area contributed by atoms with Gasteiger partial charge in [-0.15, -0.1) is 0 Å². The lowest BCUT2D eigenvalue weighted by Crippen LogP contribution is -2.36. The predicted molar refractivity (Wildman–Crippen MR) is 50.1 cm³/mol. The van der Waals surface area contributed by atoms with Crippen LogP contribution in [-0.2, 0) is 4.74 Å². The minimum atomic E-state index is 0.244. The van der Waals surface area contributed by atoms with Crippen molar-refractivity contribution in [1.82, 2.24) is 4.90 Å². The Bertz CT molecular complexity index is 113. The topological polar surface area (TPSA) is 38.5 Å². The number of rotatable bonds is 5. The van der Waals surface area contributed by atoms with Gasteiger partial charge in [0.1, 0.15) is 0 Å². The third-order valence-electron chi connectivity index (χ3n) is 2.33. The van der Waals surface area contributed by atoms with Crippen molar-refractivity contribution < 1.29 is 4.74 Å². The van der Waals surface area contributed by atoms with Gasteiger partial charge in [-0.25, -0.2) is 0 Å². The maximum absolute atomic E-state index is 5.59. The Kier molecular flexibility index (Phi) is 4.58. The van der Waals surface area contributed by atoms with Gasteiger partial charge in [-0.1, -0.05) is 0 Å². The second kappa shape index (κ2) is 5.51. The second-order valence-corrected chi connectivity index (χ2v) is 3.32. The molecule has 0 amide bonds. The Balaban J connectivity index is 2.16. The highest BCUT2D eigenvalue weighted by Gasteiger charge is 2.16. The lowest BCUT2D eigenvalue weighted by atomic mass is 10.3. The largest absolute Gasteiger partial charge is 0.376 e. The molecule has 72 valence electrons. The van der Waals surface area contributed by atoms with Gasteiger partial charge in [0.15, 0.2) is 0 Å². The molecule has 3 nitrogen and oxygen atoms in total. The first-order valence-electron chi connectivity index (χ1n) is 4.90. The monoisotopic (exact) mass is 172 g/mol. The van der Waals surface area contributed by atoms with Crippen molar-refractivity contribution in [2.24, 2.45) is 5.73 Å². The van der Waals surface area contributed by atoms with E-state index >= 15 is 0 Å². The summed E-state index contributed by atoms with van der Waals surface area (Å²) in [5.74, 6) is 0. The van der Waals surface area contributed by atoms with Gasteiger partial charge in [0.05, 0.1) is 6.10 Å². The molecule has 12 heavy (non-hydrogen) atoms. The fraction of sp³-hybridized carbons (Fsp3) is 1.00. The summed E-state index contributed by atoms with van der Waals surface area (Å²) in [6, 6.07) is 0. The zero-order valence-corrected chi connectivity index (χ0v) is 7.96. The normalized spacial score (nSPS) is 21.5. The first-order valence-corrected chi connectivity index (χ1v) is 4.90. The summed E-state index contributed by atoms with van der Waals surface area (Å²) in [5, 5.41) is 0. The smallest absolute Gasteiger partial charge is 0.0823 e. The molecule has 0 saturated carbocycles. The molecule has 1 aliphatic heterocycles. The number of hydrogen-bond donors (Lipinski definition) is 1. The van der Waals surface area contributed by atoms with E-state index < -0.39 is 0 Å². The van der Waals surface area contributed by atoms with Gasteiger partial charge in [0, 0.05) is 19.7 Å². The van der Waals surface area contributed by atoms with Crippen LogP contribution < -0.4 is 5.73 Å². The van der Waals surface area contributed by atoms with Crippen LogP contribution in [0, 0.1) is 0 Å². The lowest BCUT2D eigenvalue weighted by molar-refractivity contribution is 0.0448. The van der Waals surface area contributed by atoms with Gasteiger partial charge >= 0.3 is 0 Å². The van der Waals surface area contributed by atoms with Crippen molar-refractivity contribution in [2.75, 3.05) is 32.8 Å². The minimum absolute atomic E-state index is 0.244. The van der Waals surface area contributed by atoms with E-state index in [-0.39, 0.29) is 6.10 Å². The molecule has 0 aliphatic carbocycles. The number of ether oxygens (including phenoxy) is 1. The van der Waals surface area contributed by atoms with E-state index in [1.54, 1.807) is 0 Å². The maximum Gasteiger partial charge on any atom is 0.0823 e. The quantitative estimate of drug-likeness (QED) is 0.654. The third-order valence-corrected chi connectivity index (χ3v) is 2.33. The summed E-state index contributed by atoms with van der Waals surface area (Å²) >= 11 is 0. The summed E-state index contributed by atoms with van der Waals surface area (Å²) in [4.78, 5) is 2.44. The molecule has 1 rings (SSSR count). The van der Waals surface area contributed by atoms with E-state index in [1.807, 2.05) is 6.92 Å². The molecule has 1 unspecified atom stereocenters. The molecule has 2 N–H and O–H groups in total. The summed E-state index contributed by atoms with van der Waals surface area (Å²) in [6.07, 6.45) is 2.92. The van der Waals surface area contributed by atoms with E-state index in [1.165, 1.54) is 25.9 Å². The van der Waals surface area contributed by atoms with Crippen LogP contribution in [0.1, 0.15) is 19.8 Å². The van der Waals surface area contributed by atoms with Crippen molar-refractivity contribution in [3.05, 3.63) is 0 Å². The van der Waals surface area contributed by atoms with Crippen molar-refractivity contribution >= 4 is 0 Å². The van der Waals surface area contributed by atoms with Crippen LogP contribution in [0.15, 0.2) is 0 Å². The molecule has 1 fully saturated rings. The molecule has 1 saturated heterocycles. The first kappa shape index (κ1) is 9.96. The molecule has 3 heteroatoms. The Hall–Kier alpha value is -0.120. The van der Waals surface area contributed by atoms with Gasteiger partial charge in [-0.05, 0) is 32.9 Å². The van der Waals surface area contributed by atoms with Gasteiger partial charge in [-0.3, -0.25) is 0 Å². The molecular formula is C9H20N2O. The number of hydrogen-bond acceptors (Lipinski definition) is 3. The molecule has 0 aromatic rings. The number of nitrogens with zero attached hydrogens (tertiary/aromatic N) is 1. The molecule has 1 heterocycles. The molecule has 0 aromatic heterocycles. The fourth-order valence-electron chi connectivity index (χ4n) is 1.68. The highest BCUT2D eigenvalue weighted by atomic mass is 16.5. The van der Waals surface area contributed by atoms with Crippen LogP contribution in [0.2, 0.25) is 0 Å². The summed E-state index contributed by atoms with van der Waals surface area (Å²) in [7, 11) is 0. The van der Waals surface area contributed by atoms with Crippen LogP contribution in [0.25, 0.3) is 0 Å². The van der Waals surface area contributed by atoms with Crippen LogP contribution >= 0.6 is 0 Å². The van der Waals surface area contributed by atoms with Crippen molar-refractivity contribution in [3.63, 3.8) is 0 Å². The number of nitrogens with two attached hydrogens (primary N) is 1. The van der Waals surface area contributed by atoms with E-state index in [4.69, 9.17) is 10.5 Å². The minimum Gasteiger partial charge on any atom is -0.376 e. The molecule has 0 spiro atoms. The van der Waals surface area contributed by atoms with E-state index in [2.05, 4.69) is 4.90 Å². The fourth-order valence-corrected chi connectivity index (χ4v) is 1.68. The van der Waals surface area contributed by atoms with Crippen LogP contribution in [0.4, 0.5) is 0 Å². The average molecular weight is 172 g/mol. The highest BCUT2D eigenvalue weighted by molar-refractivity contribution is 4.71. The zero-order valence-electron chi connectivity index (χ0n) is 7.96. The van der Waals surface area contributed by atoms with Crippen molar-refractivity contribution in [3.8, 4) is 0 Å². The Morgan fingerprint density at radius 3 is 2.58 bits per heavy atom. The van der Waals surface area contributed by atoms with Gasteiger partial charge in [0.2, 0.25) is 0 Å². The SMILES string of the molecule is CCOC(CN)CN1CCCC1. The highest BCUT2D eigenvalue weighted by Crippen LogP contribution is 2.08. The second-order valence-electron chi connectivity index (χ2n) is 3.32. The summed E-state index contributed by atoms with van der Waals surface area (Å²) < 4.78 is 5.49. The molecule has 0 radical (unpaired) electrons. The number of likely N-dealkylation sites (tertiary alicyclic amines) is 1. The third kappa shape index (κ3) is 3.09. The van der Waals surface area contributed by atoms with E-state index in [0.717, 1.165) is 13.2 Å². The Labute approximate surface area is 74.9 Å². The van der Waals surface area contributed by atoms with E-state index in [9.17, 15) is 0 Å². The van der Waals surface area contributed by atoms with E-state index in [0.29, 0.717) is 6.54 Å². The lowest BCUT2D eigenvalue weighted by Gasteiger charge is -2.21. The maximum atomic E-state index is 5.59. The predicted octanol–water partition coefficient (Wildman–Crippen LogP) is 0.446. The zero-order chi connectivity index (χ0) is 8.81. The molecule has 0 aromatic carbocycles. The standard InChI is InChI=1S/C9H20N2O/c1-2-12-9(7-10)8-11-5-3-4-6-11/h9H,2-8,10H2,1H3. The van der Waals surface area contributed by atoms with Crippen molar-refractivity contribution in [1.29, 1.82) is 0 Å². The molecule has 1 aliphatic rings. The average Bonchev–Trinajstić information content (AvgIpc) is 2.56. The Morgan fingerprint density at radius 1 is 1.42 bits per heavy atom. The summed E-state index contributed by atoms with van der Waals surface area (Å²) in [5.41, 5.74) is 5.59. The summed E-state index contributed by atoms with van der Waals surface area (Å²) in [6.45, 7) is 6.91. The van der Waals surface area contributed by atoms with Gasteiger partial charge in [0.25, 0.3) is 0 Å². The van der Waals surface area contributed by atoms with Gasteiger partial charge < -0.3 is 15.4 Å². The van der Waals surface area contributed by atoms with Crippen LogP contribution in [0.5, 0.6) is 0 Å². The molecular weight excluding hydrogens is 152 g/mol. The van der Waals surface area contributed by atoms with Crippen LogP contribution in [-0.4, -0.2) is 43.8 Å². The first-order chi connectivity index (χ1) is 5.86. The molecule has 1 atom stereocenters. The van der Waals surface area contributed by atoms with Gasteiger partial charge in [-0.2, -0.15) is 0 Å². The van der Waals surface area contributed by atoms with Crippen LogP contribution in [0.3, 0.4) is 0 Å². The van der Waals surface area contributed by atoms with Crippen molar-refractivity contribution in [2.45, 2.75) is 25.9 Å². The Morgan fingerprint density at radius 2 is 2.08 bits per heavy atom.